The molecule has 0 radical (unpaired) electrons. The molecule has 0 aliphatic rings. The molecule has 0 aromatic heterocycles. The van der Waals surface area contributed by atoms with Crippen molar-refractivity contribution in [2.75, 3.05) is 13.2 Å². The molecule has 246 valence electrons. The molecule has 5 atom stereocenters. The standard InChI is InChI=1S/C28H45N7O9/c1-15(2)11-21(28(43)44)34-25(40)19(5-3-4-10-29)32-27(42)22(14-36)35-26(41)20(13-23(31)38)33-24(39)18(30)12-16-6-8-17(37)9-7-16/h6-9,15,18-22,36-37H,3-5,10-14,29-30H2,1-2H3,(H2,31,38)(H,32,42)(H,33,39)(H,34,40)(H,35,41)(H,43,44)/t18-,19-,20-,21-,22-/m0/s1. The van der Waals surface area contributed by atoms with Crippen molar-refractivity contribution in [3.8, 4) is 5.75 Å². The van der Waals surface area contributed by atoms with Crippen LogP contribution in [0.2, 0.25) is 0 Å². The van der Waals surface area contributed by atoms with Gasteiger partial charge < -0.3 is 53.8 Å². The largest absolute Gasteiger partial charge is 0.508 e. The Hall–Kier alpha value is -4.28. The third kappa shape index (κ3) is 13.8. The first-order valence-corrected chi connectivity index (χ1v) is 14.2. The number of carboxylic acids is 1. The third-order valence-corrected chi connectivity index (χ3v) is 6.48. The quantitative estimate of drug-likeness (QED) is 0.0668. The Morgan fingerprint density at radius 1 is 0.795 bits per heavy atom. The molecule has 0 heterocycles. The number of aliphatic carboxylic acids is 1. The Kier molecular flexibility index (Phi) is 16.4. The van der Waals surface area contributed by atoms with E-state index in [1.54, 1.807) is 26.0 Å². The van der Waals surface area contributed by atoms with Gasteiger partial charge in [0, 0.05) is 0 Å². The van der Waals surface area contributed by atoms with E-state index in [1.165, 1.54) is 12.1 Å². The lowest BCUT2D eigenvalue weighted by molar-refractivity contribution is -0.143. The van der Waals surface area contributed by atoms with Gasteiger partial charge in [0.25, 0.3) is 0 Å². The van der Waals surface area contributed by atoms with Gasteiger partial charge >= 0.3 is 5.97 Å². The molecule has 0 saturated carbocycles. The van der Waals surface area contributed by atoms with Crippen LogP contribution in [0.1, 0.15) is 51.5 Å². The van der Waals surface area contributed by atoms with E-state index in [0.717, 1.165) is 0 Å². The number of benzene rings is 1. The minimum atomic E-state index is -1.61. The highest BCUT2D eigenvalue weighted by Gasteiger charge is 2.32. The first-order chi connectivity index (χ1) is 20.7. The van der Waals surface area contributed by atoms with Crippen molar-refractivity contribution >= 4 is 35.5 Å². The summed E-state index contributed by atoms with van der Waals surface area (Å²) in [5.74, 6) is -5.81. The van der Waals surface area contributed by atoms with Crippen LogP contribution in [0.5, 0.6) is 5.75 Å². The molecule has 0 bridgehead atoms. The topological polar surface area (TPSA) is 289 Å². The number of carbonyl (C=O) groups excluding carboxylic acids is 5. The molecule has 16 heteroatoms. The van der Waals surface area contributed by atoms with E-state index < -0.39 is 78.7 Å². The Labute approximate surface area is 255 Å². The Balaban J connectivity index is 2.99. The van der Waals surface area contributed by atoms with Crippen molar-refractivity contribution in [3.05, 3.63) is 29.8 Å². The Morgan fingerprint density at radius 2 is 1.32 bits per heavy atom. The highest BCUT2D eigenvalue weighted by Crippen LogP contribution is 2.11. The molecule has 0 aliphatic heterocycles. The van der Waals surface area contributed by atoms with Gasteiger partial charge in [0.1, 0.15) is 29.9 Å². The van der Waals surface area contributed by atoms with Crippen molar-refractivity contribution in [1.29, 1.82) is 0 Å². The molecule has 44 heavy (non-hydrogen) atoms. The molecule has 0 fully saturated rings. The predicted octanol–water partition coefficient (Wildman–Crippen LogP) is -2.67. The summed E-state index contributed by atoms with van der Waals surface area (Å²) >= 11 is 0. The zero-order valence-electron chi connectivity index (χ0n) is 25.0. The molecule has 5 amide bonds. The van der Waals surface area contributed by atoms with Crippen LogP contribution in [-0.4, -0.2) is 94.2 Å². The molecular formula is C28H45N7O9. The van der Waals surface area contributed by atoms with E-state index in [9.17, 15) is 44.1 Å². The summed E-state index contributed by atoms with van der Waals surface area (Å²) in [5, 5.41) is 38.1. The maximum Gasteiger partial charge on any atom is 0.326 e. The van der Waals surface area contributed by atoms with E-state index in [2.05, 4.69) is 21.3 Å². The average molecular weight is 624 g/mol. The fourth-order valence-corrected chi connectivity index (χ4v) is 4.13. The number of rotatable bonds is 20. The van der Waals surface area contributed by atoms with Crippen molar-refractivity contribution < 1.29 is 44.1 Å². The van der Waals surface area contributed by atoms with E-state index in [1.807, 2.05) is 0 Å². The van der Waals surface area contributed by atoms with E-state index in [0.29, 0.717) is 24.9 Å². The van der Waals surface area contributed by atoms with Crippen LogP contribution in [0.25, 0.3) is 0 Å². The lowest BCUT2D eigenvalue weighted by Gasteiger charge is -2.25. The van der Waals surface area contributed by atoms with Gasteiger partial charge in [-0.1, -0.05) is 26.0 Å². The summed E-state index contributed by atoms with van der Waals surface area (Å²) in [6.07, 6.45) is 0.535. The molecule has 1 aromatic rings. The van der Waals surface area contributed by atoms with Gasteiger partial charge in [-0.2, -0.15) is 0 Å². The number of nitrogens with two attached hydrogens (primary N) is 3. The van der Waals surface area contributed by atoms with Gasteiger partial charge in [0.15, 0.2) is 0 Å². The summed E-state index contributed by atoms with van der Waals surface area (Å²) in [6.45, 7) is 2.97. The summed E-state index contributed by atoms with van der Waals surface area (Å²) in [6, 6.07) is -0.821. The number of aromatic hydroxyl groups is 1. The van der Waals surface area contributed by atoms with Crippen molar-refractivity contribution in [2.24, 2.45) is 23.1 Å². The van der Waals surface area contributed by atoms with E-state index in [-0.39, 0.29) is 30.9 Å². The van der Waals surface area contributed by atoms with Crippen LogP contribution in [0.3, 0.4) is 0 Å². The van der Waals surface area contributed by atoms with Crippen LogP contribution >= 0.6 is 0 Å². The number of carbonyl (C=O) groups is 6. The van der Waals surface area contributed by atoms with Crippen molar-refractivity contribution in [3.63, 3.8) is 0 Å². The third-order valence-electron chi connectivity index (χ3n) is 6.48. The molecule has 16 nitrogen and oxygen atoms in total. The molecule has 0 saturated heterocycles. The fraction of sp³-hybridized carbons (Fsp3) is 0.571. The van der Waals surface area contributed by atoms with Crippen LogP contribution in [0.15, 0.2) is 24.3 Å². The first kappa shape index (κ1) is 37.7. The van der Waals surface area contributed by atoms with Gasteiger partial charge in [-0.15, -0.1) is 0 Å². The lowest BCUT2D eigenvalue weighted by atomic mass is 10.0. The number of phenols is 1. The maximum absolute atomic E-state index is 13.0. The minimum absolute atomic E-state index is 0.0190. The van der Waals surface area contributed by atoms with Crippen molar-refractivity contribution in [1.82, 2.24) is 21.3 Å². The number of aliphatic hydroxyl groups is 1. The summed E-state index contributed by atoms with van der Waals surface area (Å²) in [7, 11) is 0. The van der Waals surface area contributed by atoms with Gasteiger partial charge in [0.05, 0.1) is 19.1 Å². The molecule has 0 spiro atoms. The Bertz CT molecular complexity index is 1130. The highest BCUT2D eigenvalue weighted by molar-refractivity contribution is 5.97. The average Bonchev–Trinajstić information content (AvgIpc) is 2.94. The monoisotopic (exact) mass is 623 g/mol. The van der Waals surface area contributed by atoms with Crippen LogP contribution in [0.4, 0.5) is 0 Å². The van der Waals surface area contributed by atoms with E-state index in [4.69, 9.17) is 17.2 Å². The van der Waals surface area contributed by atoms with Gasteiger partial charge in [-0.05, 0) is 62.3 Å². The number of aliphatic hydroxyl groups excluding tert-OH is 1. The second-order valence-corrected chi connectivity index (χ2v) is 10.8. The second-order valence-electron chi connectivity index (χ2n) is 10.8. The number of hydrogen-bond acceptors (Lipinski definition) is 10. The first-order valence-electron chi connectivity index (χ1n) is 14.2. The zero-order valence-corrected chi connectivity index (χ0v) is 25.0. The number of hydrogen-bond donors (Lipinski definition) is 10. The predicted molar refractivity (Wildman–Crippen MR) is 158 cm³/mol. The molecule has 1 aromatic carbocycles. The molecule has 1 rings (SSSR count). The maximum atomic E-state index is 13.0. The Morgan fingerprint density at radius 3 is 1.84 bits per heavy atom. The normalized spacial score (nSPS) is 14.4. The summed E-state index contributed by atoms with van der Waals surface area (Å²) in [5.41, 5.74) is 17.3. The smallest absolute Gasteiger partial charge is 0.326 e. The van der Waals surface area contributed by atoms with Gasteiger partial charge in [-0.3, -0.25) is 24.0 Å². The summed E-state index contributed by atoms with van der Waals surface area (Å²) in [4.78, 5) is 75.0. The van der Waals surface area contributed by atoms with E-state index >= 15 is 0 Å². The SMILES string of the molecule is CC(C)C[C@H](NC(=O)[C@H](CCCCN)NC(=O)[C@H](CO)NC(=O)[C@H](CC(N)=O)NC(=O)[C@@H](N)Cc1ccc(O)cc1)C(=O)O. The van der Waals surface area contributed by atoms with Crippen LogP contribution in [0, 0.1) is 5.92 Å². The molecular weight excluding hydrogens is 578 g/mol. The number of unbranched alkanes of at least 4 members (excludes halogenated alkanes) is 1. The number of carboxylic acid groups (broad SMARTS) is 1. The van der Waals surface area contributed by atoms with Crippen molar-refractivity contribution in [2.45, 2.75) is 82.6 Å². The lowest BCUT2D eigenvalue weighted by Crippen LogP contribution is -2.59. The minimum Gasteiger partial charge on any atom is -0.508 e. The van der Waals surface area contributed by atoms with Crippen LogP contribution in [-0.2, 0) is 35.2 Å². The molecule has 0 aliphatic carbocycles. The van der Waals surface area contributed by atoms with Crippen LogP contribution < -0.4 is 38.5 Å². The number of phenolic OH excluding ortho intramolecular Hbond substituents is 1. The highest BCUT2D eigenvalue weighted by atomic mass is 16.4. The number of primary amides is 1. The van der Waals surface area contributed by atoms with Gasteiger partial charge in [0.2, 0.25) is 29.5 Å². The second kappa shape index (κ2) is 19.1. The number of amides is 5. The summed E-state index contributed by atoms with van der Waals surface area (Å²) < 4.78 is 0. The van der Waals surface area contributed by atoms with Gasteiger partial charge in [-0.25, -0.2) is 4.79 Å². The number of nitrogens with one attached hydrogen (secondary N) is 4. The molecule has 13 N–H and O–H groups in total. The fourth-order valence-electron chi connectivity index (χ4n) is 4.13. The zero-order chi connectivity index (χ0) is 33.4. The molecule has 0 unspecified atom stereocenters.